The van der Waals surface area contributed by atoms with Gasteiger partial charge in [-0.05, 0) is 60.2 Å². The summed E-state index contributed by atoms with van der Waals surface area (Å²) in [5, 5.41) is 0. The van der Waals surface area contributed by atoms with Crippen molar-refractivity contribution in [3.05, 3.63) is 89.5 Å². The fourth-order valence-electron chi connectivity index (χ4n) is 5.85. The topological polar surface area (TPSA) is 101 Å². The molecule has 3 aromatic carbocycles. The lowest BCUT2D eigenvalue weighted by Gasteiger charge is -2.39. The molecule has 0 radical (unpaired) electrons. The minimum atomic E-state index is -3.92. The minimum absolute atomic E-state index is 0.00573. The zero-order chi connectivity index (χ0) is 26.5. The Morgan fingerprint density at radius 2 is 1.66 bits per heavy atom. The van der Waals surface area contributed by atoms with Gasteiger partial charge in [0.1, 0.15) is 6.61 Å². The second-order valence-corrected chi connectivity index (χ2v) is 14.1. The summed E-state index contributed by atoms with van der Waals surface area (Å²) in [5.41, 5.74) is 2.66. The molecule has 0 saturated carbocycles. The summed E-state index contributed by atoms with van der Waals surface area (Å²) in [4.78, 5) is 14.7. The molecule has 0 aliphatic carbocycles. The van der Waals surface area contributed by atoms with Crippen LogP contribution < -0.4 is 4.31 Å². The summed E-state index contributed by atoms with van der Waals surface area (Å²) in [6.07, 6.45) is 1.17. The quantitative estimate of drug-likeness (QED) is 0.487. The number of nitrogens with zero attached hydrogens (tertiary/aromatic N) is 2. The second-order valence-electron chi connectivity index (χ2n) is 10.2. The van der Waals surface area contributed by atoms with E-state index in [1.807, 2.05) is 54.6 Å². The molecule has 1 amide bonds. The Hall–Kier alpha value is -3.37. The van der Waals surface area contributed by atoms with Gasteiger partial charge in [-0.25, -0.2) is 21.6 Å². The van der Waals surface area contributed by atoms with Crippen molar-refractivity contribution < 1.29 is 26.4 Å². The second kappa shape index (κ2) is 9.13. The number of piperidine rings is 1. The number of rotatable bonds is 4. The highest BCUT2D eigenvalue weighted by atomic mass is 32.2. The monoisotopic (exact) mass is 552 g/mol. The van der Waals surface area contributed by atoms with Crippen LogP contribution in [-0.2, 0) is 43.0 Å². The van der Waals surface area contributed by atoms with Gasteiger partial charge < -0.3 is 9.64 Å². The third-order valence-electron chi connectivity index (χ3n) is 7.97. The maximum Gasteiger partial charge on any atom is 0.410 e. The van der Waals surface area contributed by atoms with E-state index in [-0.39, 0.29) is 34.8 Å². The molecular formula is C28H28N2O6S2. The third kappa shape index (κ3) is 4.16. The van der Waals surface area contributed by atoms with Crippen LogP contribution in [0.2, 0.25) is 0 Å². The summed E-state index contributed by atoms with van der Waals surface area (Å²) in [7, 11) is -7.26. The van der Waals surface area contributed by atoms with E-state index >= 15 is 0 Å². The molecule has 1 fully saturated rings. The molecule has 0 atom stereocenters. The highest BCUT2D eigenvalue weighted by Crippen LogP contribution is 2.49. The van der Waals surface area contributed by atoms with E-state index in [9.17, 15) is 21.6 Å². The van der Waals surface area contributed by atoms with Crippen molar-refractivity contribution in [3.8, 4) is 0 Å². The van der Waals surface area contributed by atoms with Crippen LogP contribution in [0.5, 0.6) is 0 Å². The number of fused-ring (bicyclic) bond motifs is 3. The van der Waals surface area contributed by atoms with Crippen LogP contribution in [0.4, 0.5) is 10.5 Å². The summed E-state index contributed by atoms with van der Waals surface area (Å²) in [5.74, 6) is 0.00573. The average molecular weight is 553 g/mol. The van der Waals surface area contributed by atoms with Crippen molar-refractivity contribution in [1.29, 1.82) is 0 Å². The maximum absolute atomic E-state index is 13.9. The molecule has 0 bridgehead atoms. The molecule has 1 spiro atoms. The summed E-state index contributed by atoms with van der Waals surface area (Å²) < 4.78 is 59.2. The molecule has 3 aromatic rings. The number of hydrogen-bond acceptors (Lipinski definition) is 6. The van der Waals surface area contributed by atoms with Gasteiger partial charge in [-0.3, -0.25) is 4.31 Å². The van der Waals surface area contributed by atoms with E-state index in [0.29, 0.717) is 43.6 Å². The average Bonchev–Trinajstić information content (AvgIpc) is 3.42. The van der Waals surface area contributed by atoms with Gasteiger partial charge in [0.15, 0.2) is 9.84 Å². The molecule has 3 aliphatic heterocycles. The van der Waals surface area contributed by atoms with Gasteiger partial charge in [0, 0.05) is 25.0 Å². The number of sulfonamides is 1. The highest BCUT2D eigenvalue weighted by molar-refractivity contribution is 7.93. The molecule has 0 N–H and O–H groups in total. The number of aryl methyl sites for hydroxylation is 1. The SMILES string of the molecule is O=C(OCc1ccccc1)N1CCC2(CC1)CN(S(=O)(=O)c1ccc3c(c1)CCS3(=O)=O)c1ccccc12. The number of amides is 1. The Bertz CT molecular complexity index is 1610. The zero-order valence-corrected chi connectivity index (χ0v) is 22.4. The van der Waals surface area contributed by atoms with Crippen LogP contribution in [-0.4, -0.2) is 53.2 Å². The number of sulfone groups is 1. The number of likely N-dealkylation sites (tertiary alicyclic amines) is 1. The van der Waals surface area contributed by atoms with Crippen LogP contribution in [0, 0.1) is 0 Å². The van der Waals surface area contributed by atoms with E-state index in [1.54, 1.807) is 4.90 Å². The van der Waals surface area contributed by atoms with Gasteiger partial charge in [0.05, 0.1) is 21.2 Å². The predicted molar refractivity (Wildman–Crippen MR) is 142 cm³/mol. The Morgan fingerprint density at radius 3 is 2.42 bits per heavy atom. The van der Waals surface area contributed by atoms with Gasteiger partial charge in [0.25, 0.3) is 10.0 Å². The lowest BCUT2D eigenvalue weighted by Crippen LogP contribution is -2.47. The van der Waals surface area contributed by atoms with Gasteiger partial charge in [-0.2, -0.15) is 0 Å². The molecule has 0 unspecified atom stereocenters. The van der Waals surface area contributed by atoms with Crippen molar-refractivity contribution in [2.75, 3.05) is 29.7 Å². The van der Waals surface area contributed by atoms with E-state index in [0.717, 1.165) is 11.1 Å². The smallest absolute Gasteiger partial charge is 0.410 e. The van der Waals surface area contributed by atoms with Crippen LogP contribution in [0.15, 0.2) is 82.6 Å². The molecular weight excluding hydrogens is 524 g/mol. The van der Waals surface area contributed by atoms with Crippen molar-refractivity contribution in [2.45, 2.75) is 41.1 Å². The molecule has 3 heterocycles. The largest absolute Gasteiger partial charge is 0.445 e. The standard InChI is InChI=1S/C28H28N2O6S2/c31-27(36-19-21-6-2-1-3-7-21)29-15-13-28(14-16-29)20-30(25-9-5-4-8-24(25)28)38(34,35)23-10-11-26-22(18-23)12-17-37(26,32)33/h1-11,18H,12-17,19-20H2. The summed E-state index contributed by atoms with van der Waals surface area (Å²) >= 11 is 0. The van der Waals surface area contributed by atoms with E-state index in [2.05, 4.69) is 0 Å². The van der Waals surface area contributed by atoms with Crippen molar-refractivity contribution in [1.82, 2.24) is 4.90 Å². The summed E-state index contributed by atoms with van der Waals surface area (Å²) in [6.45, 7) is 1.41. The molecule has 6 rings (SSSR count). The van der Waals surface area contributed by atoms with E-state index < -0.39 is 25.3 Å². The molecule has 3 aliphatic rings. The fourth-order valence-corrected chi connectivity index (χ4v) is 9.02. The minimum Gasteiger partial charge on any atom is -0.445 e. The first-order valence-electron chi connectivity index (χ1n) is 12.6. The number of hydrogen-bond donors (Lipinski definition) is 0. The van der Waals surface area contributed by atoms with Crippen LogP contribution in [0.1, 0.15) is 29.5 Å². The Balaban J connectivity index is 1.22. The van der Waals surface area contributed by atoms with Crippen LogP contribution >= 0.6 is 0 Å². The van der Waals surface area contributed by atoms with Crippen molar-refractivity contribution in [2.24, 2.45) is 0 Å². The fraction of sp³-hybridized carbons (Fsp3) is 0.321. The van der Waals surface area contributed by atoms with E-state index in [1.165, 1.54) is 22.5 Å². The first-order chi connectivity index (χ1) is 18.2. The lowest BCUT2D eigenvalue weighted by molar-refractivity contribution is 0.0791. The molecule has 1 saturated heterocycles. The van der Waals surface area contributed by atoms with Crippen molar-refractivity contribution in [3.63, 3.8) is 0 Å². The van der Waals surface area contributed by atoms with Gasteiger partial charge in [-0.1, -0.05) is 48.5 Å². The number of benzene rings is 3. The molecule has 198 valence electrons. The van der Waals surface area contributed by atoms with Crippen LogP contribution in [0.3, 0.4) is 0 Å². The Morgan fingerprint density at radius 1 is 0.947 bits per heavy atom. The highest BCUT2D eigenvalue weighted by Gasteiger charge is 2.49. The third-order valence-corrected chi connectivity index (χ3v) is 11.5. The number of carbonyl (C=O) groups is 1. The van der Waals surface area contributed by atoms with Crippen LogP contribution in [0.25, 0.3) is 0 Å². The number of anilines is 1. The molecule has 8 nitrogen and oxygen atoms in total. The van der Waals surface area contributed by atoms with Gasteiger partial charge in [-0.15, -0.1) is 0 Å². The van der Waals surface area contributed by atoms with Gasteiger partial charge >= 0.3 is 6.09 Å². The lowest BCUT2D eigenvalue weighted by atomic mass is 9.74. The molecule has 10 heteroatoms. The number of carbonyl (C=O) groups excluding carboxylic acids is 1. The first-order valence-corrected chi connectivity index (χ1v) is 15.7. The summed E-state index contributed by atoms with van der Waals surface area (Å²) in [6, 6.07) is 21.4. The Kier molecular flexibility index (Phi) is 5.99. The Labute approximate surface area is 222 Å². The molecule has 38 heavy (non-hydrogen) atoms. The number of para-hydroxylation sites is 1. The first kappa shape index (κ1) is 24.9. The normalized spacial score (nSPS) is 19.3. The number of ether oxygens (including phenoxy) is 1. The molecule has 0 aromatic heterocycles. The van der Waals surface area contributed by atoms with E-state index in [4.69, 9.17) is 4.74 Å². The zero-order valence-electron chi connectivity index (χ0n) is 20.7. The predicted octanol–water partition coefficient (Wildman–Crippen LogP) is 3.90. The maximum atomic E-state index is 13.9. The van der Waals surface area contributed by atoms with Gasteiger partial charge in [0.2, 0.25) is 0 Å². The van der Waals surface area contributed by atoms with Crippen molar-refractivity contribution >= 4 is 31.6 Å².